The van der Waals surface area contributed by atoms with Crippen molar-refractivity contribution in [1.29, 1.82) is 0 Å². The summed E-state index contributed by atoms with van der Waals surface area (Å²) in [6.07, 6.45) is -2.73. The zero-order chi connectivity index (χ0) is 32.4. The molecule has 242 valence electrons. The number of aliphatic hydroxyl groups is 5. The number of nitrogens with one attached hydrogen (secondary N) is 1. The molecule has 0 spiro atoms. The number of anilines is 1. The fourth-order valence-electron chi connectivity index (χ4n) is 5.15. The van der Waals surface area contributed by atoms with Gasteiger partial charge in [0, 0.05) is 19.7 Å². The van der Waals surface area contributed by atoms with E-state index in [1.54, 1.807) is 46.7 Å². The molecule has 4 heterocycles. The van der Waals surface area contributed by atoms with E-state index in [4.69, 9.17) is 18.9 Å². The number of fused-ring (bicyclic) bond motifs is 1. The molecule has 5 rings (SSSR count). The number of carbonyl (C=O) groups is 1. The van der Waals surface area contributed by atoms with Crippen LogP contribution in [0.25, 0.3) is 17.2 Å². The zero-order valence-corrected chi connectivity index (χ0v) is 25.0. The third kappa shape index (κ3) is 6.28. The number of ether oxygens (including phenoxy) is 4. The maximum Gasteiger partial charge on any atom is 0.269 e. The van der Waals surface area contributed by atoms with Crippen LogP contribution in [0.2, 0.25) is 0 Å². The molecule has 2 aliphatic heterocycles. The summed E-state index contributed by atoms with van der Waals surface area (Å²) in [5.41, 5.74) is 1.90. The van der Waals surface area contributed by atoms with Gasteiger partial charge in [-0.3, -0.25) is 9.36 Å². The van der Waals surface area contributed by atoms with Crippen LogP contribution in [0.15, 0.2) is 54.0 Å². The Hall–Kier alpha value is -4.32. The lowest BCUT2D eigenvalue weighted by Crippen LogP contribution is -2.48. The van der Waals surface area contributed by atoms with Crippen LogP contribution in [0.3, 0.4) is 0 Å². The lowest BCUT2D eigenvalue weighted by atomic mass is 10.1. The fourth-order valence-corrected chi connectivity index (χ4v) is 5.15. The summed E-state index contributed by atoms with van der Waals surface area (Å²) in [6, 6.07) is 5.58. The highest BCUT2D eigenvalue weighted by atomic mass is 16.7. The Kier molecular flexibility index (Phi) is 9.52. The standard InChI is InChI=1S/C29H36N6O10/c1-14(9-15-5-7-16(8-6-15)43-29-23(40)22(39)24(45-29)18(11-37)42-4)27(41)33-19-17(10-36)44-28(21(19)38)35-13-32-20-25(34(2)3)30-12-31-26(20)35/h5-9,12-13,17,19,21-23,28-29,36-40H,10-11H2,1-4H3,(H,33,41). The van der Waals surface area contributed by atoms with Gasteiger partial charge in [-0.2, -0.15) is 0 Å². The summed E-state index contributed by atoms with van der Waals surface area (Å²) in [5.74, 6) is 0.277. The Bertz CT molecular complexity index is 1570. The molecule has 16 nitrogen and oxygen atoms in total. The van der Waals surface area contributed by atoms with Crippen LogP contribution in [-0.2, 0) is 19.0 Å². The number of carbonyl (C=O) groups excluding carboxylic acids is 1. The van der Waals surface area contributed by atoms with Gasteiger partial charge in [0.2, 0.25) is 5.91 Å². The van der Waals surface area contributed by atoms with Crippen molar-refractivity contribution in [2.24, 2.45) is 0 Å². The molecule has 16 heteroatoms. The number of imidazole rings is 1. The quantitative estimate of drug-likeness (QED) is 0.118. The largest absolute Gasteiger partial charge is 0.495 e. The Balaban J connectivity index is 1.25. The zero-order valence-electron chi connectivity index (χ0n) is 25.0. The molecule has 0 bridgehead atoms. The first-order chi connectivity index (χ1) is 21.6. The molecule has 2 aliphatic rings. The number of rotatable bonds is 10. The van der Waals surface area contributed by atoms with Crippen LogP contribution in [0.1, 0.15) is 18.7 Å². The van der Waals surface area contributed by atoms with Gasteiger partial charge in [0.05, 0.1) is 26.1 Å². The van der Waals surface area contributed by atoms with E-state index in [9.17, 15) is 30.3 Å². The van der Waals surface area contributed by atoms with E-state index in [0.717, 1.165) is 0 Å². The van der Waals surface area contributed by atoms with Gasteiger partial charge >= 0.3 is 0 Å². The van der Waals surface area contributed by atoms with Crippen molar-refractivity contribution < 1.29 is 49.3 Å². The van der Waals surface area contributed by atoms with E-state index >= 15 is 0 Å². The summed E-state index contributed by atoms with van der Waals surface area (Å²) in [5, 5.41) is 53.8. The van der Waals surface area contributed by atoms with Gasteiger partial charge in [-0.05, 0) is 30.7 Å². The van der Waals surface area contributed by atoms with Crippen LogP contribution >= 0.6 is 0 Å². The summed E-state index contributed by atoms with van der Waals surface area (Å²) < 4.78 is 23.6. The Morgan fingerprint density at radius 3 is 2.49 bits per heavy atom. The van der Waals surface area contributed by atoms with Gasteiger partial charge < -0.3 is 54.7 Å². The minimum atomic E-state index is -1.44. The van der Waals surface area contributed by atoms with Crippen molar-refractivity contribution in [2.45, 2.75) is 49.9 Å². The van der Waals surface area contributed by atoms with Gasteiger partial charge in [0.15, 0.2) is 40.8 Å². The van der Waals surface area contributed by atoms with E-state index in [1.165, 1.54) is 19.8 Å². The SMILES string of the molecule is COC(CO)=C1OC(Oc2ccc(C=C(C)C(=O)NC3C(CO)OC(n4cnc5c(N(C)C)ncnc54)C3O)cc2)C(O)C1O. The predicted octanol–water partition coefficient (Wildman–Crippen LogP) is -0.962. The Labute approximate surface area is 257 Å². The highest BCUT2D eigenvalue weighted by Gasteiger charge is 2.46. The first-order valence-corrected chi connectivity index (χ1v) is 14.0. The van der Waals surface area contributed by atoms with Crippen LogP contribution in [-0.4, -0.2) is 122 Å². The minimum Gasteiger partial charge on any atom is -0.495 e. The van der Waals surface area contributed by atoms with Crippen LogP contribution in [0.4, 0.5) is 5.82 Å². The van der Waals surface area contributed by atoms with Crippen molar-refractivity contribution in [3.05, 3.63) is 59.6 Å². The molecule has 3 aromatic rings. The number of methoxy groups -OCH3 is 1. The maximum absolute atomic E-state index is 13.1. The van der Waals surface area contributed by atoms with Gasteiger partial charge in [-0.25, -0.2) is 15.0 Å². The molecule has 2 aromatic heterocycles. The fraction of sp³-hybridized carbons (Fsp3) is 0.448. The van der Waals surface area contributed by atoms with Crippen LogP contribution in [0.5, 0.6) is 5.75 Å². The molecule has 1 amide bonds. The summed E-state index contributed by atoms with van der Waals surface area (Å²) in [7, 11) is 4.94. The number of benzene rings is 1. The third-order valence-electron chi connectivity index (χ3n) is 7.54. The molecule has 0 saturated carbocycles. The van der Waals surface area contributed by atoms with Crippen molar-refractivity contribution in [3.63, 3.8) is 0 Å². The molecular formula is C29H36N6O10. The summed E-state index contributed by atoms with van der Waals surface area (Å²) in [6.45, 7) is 0.621. The number of amides is 1. The van der Waals surface area contributed by atoms with Gasteiger partial charge in [0.25, 0.3) is 6.29 Å². The van der Waals surface area contributed by atoms with E-state index in [2.05, 4.69) is 20.3 Å². The second kappa shape index (κ2) is 13.4. The molecule has 1 aromatic carbocycles. The minimum absolute atomic E-state index is 0.0252. The molecule has 45 heavy (non-hydrogen) atoms. The molecule has 2 saturated heterocycles. The van der Waals surface area contributed by atoms with Crippen molar-refractivity contribution >= 4 is 29.0 Å². The average molecular weight is 629 g/mol. The number of hydrogen-bond donors (Lipinski definition) is 6. The second-order valence-electron chi connectivity index (χ2n) is 10.7. The van der Waals surface area contributed by atoms with Gasteiger partial charge in [-0.15, -0.1) is 0 Å². The maximum atomic E-state index is 13.1. The number of aromatic nitrogens is 4. The molecule has 7 atom stereocenters. The van der Waals surface area contributed by atoms with E-state index in [-0.39, 0.29) is 11.5 Å². The van der Waals surface area contributed by atoms with Crippen molar-refractivity contribution in [2.75, 3.05) is 39.3 Å². The van der Waals surface area contributed by atoms with Crippen molar-refractivity contribution in [1.82, 2.24) is 24.8 Å². The smallest absolute Gasteiger partial charge is 0.269 e. The monoisotopic (exact) mass is 628 g/mol. The van der Waals surface area contributed by atoms with Gasteiger partial charge in [0.1, 0.15) is 37.0 Å². The van der Waals surface area contributed by atoms with E-state index in [1.807, 2.05) is 14.1 Å². The van der Waals surface area contributed by atoms with Gasteiger partial charge in [-0.1, -0.05) is 12.1 Å². The van der Waals surface area contributed by atoms with Crippen LogP contribution in [0, 0.1) is 0 Å². The number of hydrogen-bond acceptors (Lipinski definition) is 14. The molecule has 0 aliphatic carbocycles. The average Bonchev–Trinajstić information content (AvgIpc) is 3.68. The molecular weight excluding hydrogens is 592 g/mol. The Morgan fingerprint density at radius 2 is 1.84 bits per heavy atom. The molecule has 7 unspecified atom stereocenters. The topological polar surface area (TPSA) is 214 Å². The first-order valence-electron chi connectivity index (χ1n) is 14.0. The molecule has 0 radical (unpaired) electrons. The summed E-state index contributed by atoms with van der Waals surface area (Å²) >= 11 is 0. The normalized spacial score (nSPS) is 27.8. The lowest BCUT2D eigenvalue weighted by Gasteiger charge is -2.21. The Morgan fingerprint density at radius 1 is 1.11 bits per heavy atom. The number of nitrogens with zero attached hydrogens (tertiary/aromatic N) is 5. The highest BCUT2D eigenvalue weighted by molar-refractivity contribution is 5.97. The molecule has 2 fully saturated rings. The number of aliphatic hydroxyl groups excluding tert-OH is 5. The van der Waals surface area contributed by atoms with E-state index < -0.39 is 62.1 Å². The third-order valence-corrected chi connectivity index (χ3v) is 7.54. The van der Waals surface area contributed by atoms with Crippen molar-refractivity contribution in [3.8, 4) is 5.75 Å². The lowest BCUT2D eigenvalue weighted by molar-refractivity contribution is -0.119. The van der Waals surface area contributed by atoms with E-state index in [0.29, 0.717) is 33.9 Å². The predicted molar refractivity (Wildman–Crippen MR) is 157 cm³/mol. The highest BCUT2D eigenvalue weighted by Crippen LogP contribution is 2.33. The second-order valence-corrected chi connectivity index (χ2v) is 10.7. The first kappa shape index (κ1) is 32.1. The van der Waals surface area contributed by atoms with Crippen LogP contribution < -0.4 is 15.0 Å². The summed E-state index contributed by atoms with van der Waals surface area (Å²) in [4.78, 5) is 27.8. The molecule has 6 N–H and O–H groups in total.